The summed E-state index contributed by atoms with van der Waals surface area (Å²) in [5.74, 6) is -3.68. The number of carbonyl (C=O) groups is 1. The van der Waals surface area contributed by atoms with Crippen LogP contribution in [0.1, 0.15) is 46.3 Å². The van der Waals surface area contributed by atoms with Gasteiger partial charge in [-0.1, -0.05) is 6.92 Å². The van der Waals surface area contributed by atoms with Crippen molar-refractivity contribution in [2.45, 2.75) is 56.8 Å². The van der Waals surface area contributed by atoms with Crippen molar-refractivity contribution < 1.29 is 26.7 Å². The Hall–Kier alpha value is -2.60. The molecule has 0 saturated heterocycles. The van der Waals surface area contributed by atoms with E-state index >= 15 is 0 Å². The lowest BCUT2D eigenvalue weighted by Crippen LogP contribution is -2.53. The first-order valence-electron chi connectivity index (χ1n) is 9.98. The van der Waals surface area contributed by atoms with Gasteiger partial charge < -0.3 is 11.1 Å². The highest BCUT2D eigenvalue weighted by atomic mass is 32.1. The third kappa shape index (κ3) is 4.20. The molecule has 0 radical (unpaired) electrons. The van der Waals surface area contributed by atoms with Crippen molar-refractivity contribution in [3.8, 4) is 11.3 Å². The van der Waals surface area contributed by atoms with E-state index in [4.69, 9.17) is 5.73 Å². The lowest BCUT2D eigenvalue weighted by molar-refractivity contribution is -0.137. The summed E-state index contributed by atoms with van der Waals surface area (Å²) in [6.45, 7) is 1.85. The van der Waals surface area contributed by atoms with Gasteiger partial charge in [0.1, 0.15) is 0 Å². The maximum atomic E-state index is 14.2. The second-order valence-corrected chi connectivity index (χ2v) is 8.91. The van der Waals surface area contributed by atoms with Gasteiger partial charge in [0.25, 0.3) is 11.8 Å². The van der Waals surface area contributed by atoms with Crippen LogP contribution >= 0.6 is 11.3 Å². The standard InChI is InChI=1S/C20H20F5N5OS/c1-2-14-12(13-9-27-17-5-10(20(23,24)25)8-28-30(13)17)7-15(32-14)18(31)29-16-6-11(26)3-4-19(16,21)22/h5,7-9,11,16H,2-4,6,26H2,1H3,(H,29,31)/t11?,16-/m1/s1. The summed E-state index contributed by atoms with van der Waals surface area (Å²) >= 11 is 1.13. The number of nitrogens with one attached hydrogen (secondary N) is 1. The van der Waals surface area contributed by atoms with E-state index in [1.165, 1.54) is 16.8 Å². The van der Waals surface area contributed by atoms with Gasteiger partial charge in [-0.3, -0.25) is 4.79 Å². The minimum Gasteiger partial charge on any atom is -0.342 e. The lowest BCUT2D eigenvalue weighted by Gasteiger charge is -2.34. The van der Waals surface area contributed by atoms with Crippen molar-refractivity contribution >= 4 is 22.9 Å². The van der Waals surface area contributed by atoms with Crippen molar-refractivity contribution in [1.29, 1.82) is 0 Å². The predicted octanol–water partition coefficient (Wildman–Crippen LogP) is 4.28. The average Bonchev–Trinajstić information content (AvgIpc) is 3.33. The van der Waals surface area contributed by atoms with Crippen LogP contribution in [0.5, 0.6) is 0 Å². The Bertz CT molecular complexity index is 1160. The molecule has 0 aromatic carbocycles. The molecule has 1 amide bonds. The fourth-order valence-electron chi connectivity index (χ4n) is 3.77. The number of alkyl halides is 5. The summed E-state index contributed by atoms with van der Waals surface area (Å²) in [7, 11) is 0. The Labute approximate surface area is 183 Å². The molecule has 1 unspecified atom stereocenters. The molecule has 1 aliphatic rings. The number of hydrogen-bond donors (Lipinski definition) is 2. The van der Waals surface area contributed by atoms with Gasteiger partial charge in [-0.15, -0.1) is 11.3 Å². The number of thiophene rings is 1. The van der Waals surface area contributed by atoms with Gasteiger partial charge in [0.15, 0.2) is 5.65 Å². The van der Waals surface area contributed by atoms with Crippen LogP contribution < -0.4 is 11.1 Å². The molecule has 4 rings (SSSR count). The van der Waals surface area contributed by atoms with E-state index in [9.17, 15) is 26.7 Å². The molecule has 0 bridgehead atoms. The molecule has 12 heteroatoms. The normalized spacial score (nSPS) is 21.1. The van der Waals surface area contributed by atoms with Crippen molar-refractivity contribution in [2.75, 3.05) is 0 Å². The summed E-state index contributed by atoms with van der Waals surface area (Å²) in [5.41, 5.74) is 5.85. The molecule has 172 valence electrons. The monoisotopic (exact) mass is 473 g/mol. The number of hydrogen-bond acceptors (Lipinski definition) is 5. The number of nitrogens with two attached hydrogens (primary N) is 1. The van der Waals surface area contributed by atoms with Gasteiger partial charge in [-0.05, 0) is 31.4 Å². The van der Waals surface area contributed by atoms with Crippen molar-refractivity contribution in [3.05, 3.63) is 39.8 Å². The number of rotatable bonds is 4. The van der Waals surface area contributed by atoms with Gasteiger partial charge in [-0.25, -0.2) is 18.3 Å². The molecule has 0 aliphatic heterocycles. The summed E-state index contributed by atoms with van der Waals surface area (Å²) < 4.78 is 68.5. The van der Waals surface area contributed by atoms with Crippen molar-refractivity contribution in [1.82, 2.24) is 19.9 Å². The maximum Gasteiger partial charge on any atom is 0.418 e. The van der Waals surface area contributed by atoms with E-state index in [0.717, 1.165) is 22.3 Å². The lowest BCUT2D eigenvalue weighted by atomic mass is 9.88. The first-order chi connectivity index (χ1) is 15.0. The Morgan fingerprint density at radius 2 is 2.09 bits per heavy atom. The molecule has 3 aromatic rings. The summed E-state index contributed by atoms with van der Waals surface area (Å²) in [6.07, 6.45) is -2.16. The van der Waals surface area contributed by atoms with E-state index in [-0.39, 0.29) is 29.8 Å². The molecule has 1 fully saturated rings. The molecular formula is C20H20F5N5OS. The molecule has 1 aliphatic carbocycles. The number of aryl methyl sites for hydroxylation is 1. The molecule has 3 N–H and O–H groups in total. The number of fused-ring (bicyclic) bond motifs is 1. The zero-order valence-electron chi connectivity index (χ0n) is 16.9. The highest BCUT2D eigenvalue weighted by Crippen LogP contribution is 2.36. The van der Waals surface area contributed by atoms with Crippen LogP contribution in [-0.2, 0) is 12.6 Å². The maximum absolute atomic E-state index is 14.2. The highest BCUT2D eigenvalue weighted by Gasteiger charge is 2.44. The van der Waals surface area contributed by atoms with Crippen LogP contribution in [0.4, 0.5) is 22.0 Å². The number of carbonyl (C=O) groups excluding carboxylic acids is 1. The van der Waals surface area contributed by atoms with Gasteiger partial charge in [0.05, 0.1) is 34.6 Å². The SMILES string of the molecule is CCc1sc(C(=O)N[C@@H]2CC(N)CCC2(F)F)cc1-c1cnc2cc(C(F)(F)F)cnn12. The van der Waals surface area contributed by atoms with Crippen molar-refractivity contribution in [2.24, 2.45) is 5.73 Å². The van der Waals surface area contributed by atoms with Gasteiger partial charge >= 0.3 is 6.18 Å². The fraction of sp³-hybridized carbons (Fsp3) is 0.450. The fourth-order valence-corrected chi connectivity index (χ4v) is 4.79. The minimum atomic E-state index is -4.55. The van der Waals surface area contributed by atoms with Crippen LogP contribution in [0.2, 0.25) is 0 Å². The molecule has 1 saturated carbocycles. The van der Waals surface area contributed by atoms with E-state index < -0.39 is 35.7 Å². The van der Waals surface area contributed by atoms with E-state index in [1.807, 2.05) is 6.92 Å². The quantitative estimate of drug-likeness (QED) is 0.554. The van der Waals surface area contributed by atoms with Crippen LogP contribution in [0, 0.1) is 0 Å². The first kappa shape index (κ1) is 22.6. The Balaban J connectivity index is 1.65. The number of aromatic nitrogens is 3. The number of nitrogens with zero attached hydrogens (tertiary/aromatic N) is 3. The number of imidazole rings is 1. The van der Waals surface area contributed by atoms with Gasteiger partial charge in [0.2, 0.25) is 0 Å². The predicted molar refractivity (Wildman–Crippen MR) is 109 cm³/mol. The zero-order chi connectivity index (χ0) is 23.3. The third-order valence-corrected chi connectivity index (χ3v) is 6.80. The molecule has 3 aromatic heterocycles. The smallest absolute Gasteiger partial charge is 0.342 e. The van der Waals surface area contributed by atoms with Crippen LogP contribution in [0.3, 0.4) is 0 Å². The minimum absolute atomic E-state index is 0.00455. The second-order valence-electron chi connectivity index (χ2n) is 7.78. The summed E-state index contributed by atoms with van der Waals surface area (Å²) in [5, 5.41) is 6.27. The molecule has 32 heavy (non-hydrogen) atoms. The third-order valence-electron chi connectivity index (χ3n) is 5.52. The summed E-state index contributed by atoms with van der Waals surface area (Å²) in [6, 6.07) is 0.655. The van der Waals surface area contributed by atoms with Crippen LogP contribution in [-0.4, -0.2) is 38.5 Å². The Morgan fingerprint density at radius 1 is 1.34 bits per heavy atom. The zero-order valence-corrected chi connectivity index (χ0v) is 17.7. The molecular weight excluding hydrogens is 453 g/mol. The van der Waals surface area contributed by atoms with E-state index in [1.54, 1.807) is 0 Å². The molecule has 2 atom stereocenters. The highest BCUT2D eigenvalue weighted by molar-refractivity contribution is 7.14. The number of amides is 1. The Kier molecular flexibility index (Phi) is 5.70. The van der Waals surface area contributed by atoms with Gasteiger partial charge in [0, 0.05) is 22.9 Å². The summed E-state index contributed by atoms with van der Waals surface area (Å²) in [4.78, 5) is 17.7. The van der Waals surface area contributed by atoms with Crippen LogP contribution in [0.15, 0.2) is 24.5 Å². The Morgan fingerprint density at radius 3 is 2.78 bits per heavy atom. The van der Waals surface area contributed by atoms with Gasteiger partial charge in [-0.2, -0.15) is 18.3 Å². The average molecular weight is 473 g/mol. The molecule has 3 heterocycles. The topological polar surface area (TPSA) is 85.3 Å². The first-order valence-corrected chi connectivity index (χ1v) is 10.8. The van der Waals surface area contributed by atoms with E-state index in [0.29, 0.717) is 23.9 Å². The second kappa shape index (κ2) is 8.07. The number of halogens is 5. The molecule has 6 nitrogen and oxygen atoms in total. The molecule has 0 spiro atoms. The largest absolute Gasteiger partial charge is 0.418 e. The van der Waals surface area contributed by atoms with Crippen molar-refractivity contribution in [3.63, 3.8) is 0 Å². The van der Waals surface area contributed by atoms with E-state index in [2.05, 4.69) is 15.4 Å². The van der Waals surface area contributed by atoms with Crippen LogP contribution in [0.25, 0.3) is 16.9 Å².